The second kappa shape index (κ2) is 7.44. The van der Waals surface area contributed by atoms with Crippen LogP contribution in [0.2, 0.25) is 0 Å². The van der Waals surface area contributed by atoms with Crippen molar-refractivity contribution < 1.29 is 6.16 Å². The highest BCUT2D eigenvalue weighted by atomic mass is 16.5. The summed E-state index contributed by atoms with van der Waals surface area (Å²) in [7, 11) is 5.43. The molecule has 0 spiro atoms. The topological polar surface area (TPSA) is 106 Å². The second-order valence-electron chi connectivity index (χ2n) is 6.16. The number of aromatic nitrogens is 5. The number of aromatic amines is 1. The Labute approximate surface area is 150 Å². The van der Waals surface area contributed by atoms with Gasteiger partial charge in [0.25, 0.3) is 5.56 Å². The summed E-state index contributed by atoms with van der Waals surface area (Å²) in [6, 6.07) is 7.26. The van der Waals surface area contributed by atoms with Crippen molar-refractivity contribution in [1.82, 2.24) is 29.6 Å². The molecule has 1 N–H and O–H groups in total. The first kappa shape index (κ1) is 17.7. The lowest BCUT2D eigenvalue weighted by atomic mass is 10.2. The molecule has 138 valence electrons. The maximum absolute atomic E-state index is 12.2. The molecule has 0 bridgehead atoms. The third-order valence-electron chi connectivity index (χ3n) is 3.85. The number of H-pyrrole nitrogens is 1. The van der Waals surface area contributed by atoms with Crippen LogP contribution in [-0.4, -0.2) is 56.9 Å². The third-order valence-corrected chi connectivity index (χ3v) is 3.85. The quantitative estimate of drug-likeness (QED) is 0.645. The van der Waals surface area contributed by atoms with Crippen LogP contribution >= 0.6 is 0 Å². The van der Waals surface area contributed by atoms with Gasteiger partial charge in [-0.1, -0.05) is 0 Å². The number of nitrogens with zero attached hydrogens (tertiary/aromatic N) is 5. The molecule has 9 nitrogen and oxygen atoms in total. The number of rotatable bonds is 6. The summed E-state index contributed by atoms with van der Waals surface area (Å²) < 4.78 is 6.64. The zero-order valence-corrected chi connectivity index (χ0v) is 14.9. The largest absolute Gasteiger partial charge is 0.494 e. The lowest BCUT2D eigenvalue weighted by molar-refractivity contribution is 0.281. The fraction of sp³-hybridized carbons (Fsp3) is 0.353. The molecule has 2 heterocycles. The van der Waals surface area contributed by atoms with Crippen molar-refractivity contribution in [2.75, 3.05) is 27.2 Å². The molecule has 0 aliphatic carbocycles. The van der Waals surface area contributed by atoms with E-state index in [4.69, 9.17) is 4.74 Å². The fourth-order valence-corrected chi connectivity index (χ4v) is 2.39. The SMILES string of the molecule is CN(C)CCCOc1ccc(-c2nnc3[nH]c(=O)n(C)c(=O)c3n2)cc1.[HH]. The second-order valence-corrected chi connectivity index (χ2v) is 6.16. The molecule has 26 heavy (non-hydrogen) atoms. The van der Waals surface area contributed by atoms with Crippen LogP contribution in [0, 0.1) is 0 Å². The van der Waals surface area contributed by atoms with Gasteiger partial charge in [-0.05, 0) is 44.8 Å². The van der Waals surface area contributed by atoms with Crippen LogP contribution in [0.25, 0.3) is 22.6 Å². The van der Waals surface area contributed by atoms with E-state index in [9.17, 15) is 9.59 Å². The third kappa shape index (κ3) is 3.77. The first-order valence-electron chi connectivity index (χ1n) is 8.17. The van der Waals surface area contributed by atoms with E-state index < -0.39 is 11.2 Å². The lowest BCUT2D eigenvalue weighted by Crippen LogP contribution is -2.33. The average molecular weight is 358 g/mol. The molecule has 3 aromatic rings. The highest BCUT2D eigenvalue weighted by Gasteiger charge is 2.11. The van der Waals surface area contributed by atoms with Crippen molar-refractivity contribution in [2.45, 2.75) is 6.42 Å². The van der Waals surface area contributed by atoms with Gasteiger partial charge in [-0.25, -0.2) is 9.78 Å². The number of hydrogen-bond donors (Lipinski definition) is 1. The molecule has 3 rings (SSSR count). The molecule has 0 aliphatic heterocycles. The maximum Gasteiger partial charge on any atom is 0.329 e. The zero-order chi connectivity index (χ0) is 18.7. The molecule has 0 saturated heterocycles. The summed E-state index contributed by atoms with van der Waals surface area (Å²) in [4.78, 5) is 32.6. The first-order chi connectivity index (χ1) is 12.5. The Kier molecular flexibility index (Phi) is 5.08. The summed E-state index contributed by atoms with van der Waals surface area (Å²) in [5.41, 5.74) is -0.222. The Balaban J connectivity index is 0.00000261. The minimum Gasteiger partial charge on any atom is -0.494 e. The van der Waals surface area contributed by atoms with Gasteiger partial charge < -0.3 is 9.64 Å². The molecule has 0 saturated carbocycles. The van der Waals surface area contributed by atoms with Crippen molar-refractivity contribution in [3.8, 4) is 17.1 Å². The summed E-state index contributed by atoms with van der Waals surface area (Å²) in [6.07, 6.45) is 0.938. The molecular formula is C17H22N6O3. The van der Waals surface area contributed by atoms with Crippen LogP contribution in [-0.2, 0) is 7.05 Å². The number of hydrogen-bond acceptors (Lipinski definition) is 7. The summed E-state index contributed by atoms with van der Waals surface area (Å²) >= 11 is 0. The van der Waals surface area contributed by atoms with Crippen LogP contribution in [0.4, 0.5) is 0 Å². The van der Waals surface area contributed by atoms with Crippen LogP contribution in [0.5, 0.6) is 5.75 Å². The maximum atomic E-state index is 12.2. The van der Waals surface area contributed by atoms with Gasteiger partial charge in [0, 0.05) is 20.6 Å². The Morgan fingerprint density at radius 2 is 1.92 bits per heavy atom. The molecule has 0 unspecified atom stereocenters. The number of fused-ring (bicyclic) bond motifs is 1. The van der Waals surface area contributed by atoms with E-state index >= 15 is 0 Å². The van der Waals surface area contributed by atoms with Gasteiger partial charge in [0.05, 0.1) is 6.61 Å². The molecular weight excluding hydrogens is 336 g/mol. The van der Waals surface area contributed by atoms with Crippen molar-refractivity contribution >= 4 is 11.2 Å². The molecule has 0 fully saturated rings. The van der Waals surface area contributed by atoms with Crippen LogP contribution in [0.1, 0.15) is 7.85 Å². The van der Waals surface area contributed by atoms with Gasteiger partial charge in [0.1, 0.15) is 5.75 Å². The monoisotopic (exact) mass is 358 g/mol. The predicted octanol–water partition coefficient (Wildman–Crippen LogP) is 0.655. The van der Waals surface area contributed by atoms with Gasteiger partial charge in [0.2, 0.25) is 0 Å². The van der Waals surface area contributed by atoms with E-state index in [1.54, 1.807) is 12.1 Å². The Morgan fingerprint density at radius 1 is 1.19 bits per heavy atom. The molecule has 9 heteroatoms. The Morgan fingerprint density at radius 3 is 2.62 bits per heavy atom. The lowest BCUT2D eigenvalue weighted by Gasteiger charge is -2.10. The number of nitrogens with one attached hydrogen (secondary N) is 1. The van der Waals surface area contributed by atoms with E-state index in [2.05, 4.69) is 25.1 Å². The molecule has 0 atom stereocenters. The standard InChI is InChI=1S/C17H20N6O3.H2/c1-22(2)9-4-10-26-12-7-5-11(6-8-12)14-18-13-15(21-20-14)19-17(25)23(3)16(13)24;/h5-8H,4,9-10H2,1-3H3,(H,19,21,25);1H. The minimum atomic E-state index is -0.554. The molecule has 0 radical (unpaired) electrons. The zero-order valence-electron chi connectivity index (χ0n) is 14.9. The summed E-state index contributed by atoms with van der Waals surface area (Å²) in [5, 5.41) is 7.89. The Bertz CT molecular complexity index is 1030. The van der Waals surface area contributed by atoms with E-state index in [1.165, 1.54) is 7.05 Å². The average Bonchev–Trinajstić information content (AvgIpc) is 2.64. The van der Waals surface area contributed by atoms with E-state index in [0.29, 0.717) is 18.0 Å². The van der Waals surface area contributed by atoms with Gasteiger partial charge in [-0.2, -0.15) is 0 Å². The minimum absolute atomic E-state index is 0. The number of ether oxygens (including phenoxy) is 1. The van der Waals surface area contributed by atoms with Crippen LogP contribution in [0.15, 0.2) is 33.9 Å². The normalized spacial score (nSPS) is 11.2. The van der Waals surface area contributed by atoms with Gasteiger partial charge >= 0.3 is 5.69 Å². The predicted molar refractivity (Wildman–Crippen MR) is 99.4 cm³/mol. The van der Waals surface area contributed by atoms with E-state index in [1.807, 2.05) is 26.2 Å². The summed E-state index contributed by atoms with van der Waals surface area (Å²) in [5.74, 6) is 1.06. The Hall–Kier alpha value is -3.07. The van der Waals surface area contributed by atoms with E-state index in [-0.39, 0.29) is 12.6 Å². The van der Waals surface area contributed by atoms with Crippen molar-refractivity contribution in [3.63, 3.8) is 0 Å². The van der Waals surface area contributed by atoms with Crippen molar-refractivity contribution in [3.05, 3.63) is 45.1 Å². The summed E-state index contributed by atoms with van der Waals surface area (Å²) in [6.45, 7) is 1.60. The molecule has 0 amide bonds. The first-order valence-corrected chi connectivity index (χ1v) is 8.17. The van der Waals surface area contributed by atoms with Gasteiger partial charge in [0.15, 0.2) is 17.0 Å². The van der Waals surface area contributed by atoms with Crippen molar-refractivity contribution in [2.24, 2.45) is 7.05 Å². The smallest absolute Gasteiger partial charge is 0.329 e. The van der Waals surface area contributed by atoms with Crippen LogP contribution < -0.4 is 16.0 Å². The highest BCUT2D eigenvalue weighted by Crippen LogP contribution is 2.19. The van der Waals surface area contributed by atoms with Crippen LogP contribution in [0.3, 0.4) is 0 Å². The van der Waals surface area contributed by atoms with Gasteiger partial charge in [-0.15, -0.1) is 10.2 Å². The highest BCUT2D eigenvalue weighted by molar-refractivity contribution is 5.70. The molecule has 1 aromatic carbocycles. The van der Waals surface area contributed by atoms with Crippen molar-refractivity contribution in [1.29, 1.82) is 0 Å². The molecule has 0 aliphatic rings. The fourth-order valence-electron chi connectivity index (χ4n) is 2.39. The number of benzene rings is 1. The van der Waals surface area contributed by atoms with Gasteiger partial charge in [-0.3, -0.25) is 14.3 Å². The van der Waals surface area contributed by atoms with E-state index in [0.717, 1.165) is 23.3 Å². The molecule has 2 aromatic heterocycles.